The van der Waals surface area contributed by atoms with Gasteiger partial charge in [0.05, 0.1) is 34.3 Å². The molecule has 0 radical (unpaired) electrons. The van der Waals surface area contributed by atoms with Gasteiger partial charge in [-0.3, -0.25) is 9.69 Å². The molecule has 42 heavy (non-hydrogen) atoms. The van der Waals surface area contributed by atoms with Crippen LogP contribution in [0.4, 0.5) is 5.82 Å². The minimum Gasteiger partial charge on any atom is -0.392 e. The normalized spacial score (nSPS) is 22.3. The number of nitrogens with one attached hydrogen (secondary N) is 1. The topological polar surface area (TPSA) is 112 Å². The third kappa shape index (κ3) is 6.45. The summed E-state index contributed by atoms with van der Waals surface area (Å²) in [5.41, 5.74) is 5.02. The molecule has 5 atom stereocenters. The summed E-state index contributed by atoms with van der Waals surface area (Å²) in [6, 6.07) is 9.61. The third-order valence-electron chi connectivity index (χ3n) is 9.06. The van der Waals surface area contributed by atoms with E-state index in [2.05, 4.69) is 70.3 Å². The Morgan fingerprint density at radius 3 is 2.50 bits per heavy atom. The van der Waals surface area contributed by atoms with Crippen molar-refractivity contribution in [2.24, 2.45) is 11.8 Å². The van der Waals surface area contributed by atoms with Crippen molar-refractivity contribution in [2.75, 3.05) is 24.5 Å². The number of aldehydes is 1. The van der Waals surface area contributed by atoms with E-state index in [0.717, 1.165) is 65.5 Å². The van der Waals surface area contributed by atoms with E-state index in [1.165, 1.54) is 0 Å². The number of carbonyl (C=O) groups is 2. The molecule has 0 bridgehead atoms. The third-order valence-corrected chi connectivity index (χ3v) is 10.0. The molecule has 2 aromatic heterocycles. The summed E-state index contributed by atoms with van der Waals surface area (Å²) in [5, 5.41) is 18.3. The molecule has 4 heterocycles. The van der Waals surface area contributed by atoms with Gasteiger partial charge in [-0.25, -0.2) is 4.98 Å². The highest BCUT2D eigenvalue weighted by atomic mass is 32.1. The van der Waals surface area contributed by atoms with Crippen LogP contribution in [0.1, 0.15) is 75.9 Å². The average molecular weight is 594 g/mol. The number of hydrogen-bond acceptors (Lipinski definition) is 9. The fourth-order valence-corrected chi connectivity index (χ4v) is 7.43. The molecule has 1 amide bonds. The molecule has 1 unspecified atom stereocenters. The summed E-state index contributed by atoms with van der Waals surface area (Å²) in [5.74, 6) is 1.84. The molecule has 9 nitrogen and oxygen atoms in total. The number of likely N-dealkylation sites (tertiary alicyclic amines) is 1. The number of amides is 1. The molecule has 0 aliphatic carbocycles. The summed E-state index contributed by atoms with van der Waals surface area (Å²) < 4.78 is 5.91. The molecular weight excluding hydrogens is 550 g/mol. The lowest BCUT2D eigenvalue weighted by atomic mass is 9.85. The average Bonchev–Trinajstić information content (AvgIpc) is 3.73. The number of hydrogen-bond donors (Lipinski definition) is 2. The van der Waals surface area contributed by atoms with Gasteiger partial charge in [0.25, 0.3) is 0 Å². The van der Waals surface area contributed by atoms with Crippen LogP contribution >= 0.6 is 11.3 Å². The molecule has 2 fully saturated rings. The fourth-order valence-electron chi connectivity index (χ4n) is 6.62. The zero-order chi connectivity index (χ0) is 30.0. The fraction of sp³-hybridized carbons (Fsp3) is 0.562. The highest BCUT2D eigenvalue weighted by Gasteiger charge is 2.43. The largest absolute Gasteiger partial charge is 0.392 e. The highest BCUT2D eigenvalue weighted by molar-refractivity contribution is 7.13. The first-order valence-electron chi connectivity index (χ1n) is 15.1. The van der Waals surface area contributed by atoms with Crippen LogP contribution in [-0.2, 0) is 9.59 Å². The van der Waals surface area contributed by atoms with Gasteiger partial charge in [-0.1, -0.05) is 43.3 Å². The van der Waals surface area contributed by atoms with Crippen molar-refractivity contribution >= 4 is 29.3 Å². The SMILES string of the molecule is Cc1ncsc1-c1ccc([C@H](C)NC(=O)[C@@H]2C[C@@H](O)CN2C(C)[C@@H](c2cc(N3CCC(C=O)CC3)no2)C(C)C)cc1. The number of rotatable bonds is 10. The van der Waals surface area contributed by atoms with Gasteiger partial charge in [-0.2, -0.15) is 0 Å². The lowest BCUT2D eigenvalue weighted by molar-refractivity contribution is -0.127. The Morgan fingerprint density at radius 1 is 1.17 bits per heavy atom. The van der Waals surface area contributed by atoms with E-state index in [9.17, 15) is 14.7 Å². The van der Waals surface area contributed by atoms with Crippen molar-refractivity contribution in [1.82, 2.24) is 20.4 Å². The highest BCUT2D eigenvalue weighted by Crippen LogP contribution is 2.37. The van der Waals surface area contributed by atoms with Crippen molar-refractivity contribution in [1.29, 1.82) is 0 Å². The summed E-state index contributed by atoms with van der Waals surface area (Å²) in [4.78, 5) is 34.6. The van der Waals surface area contributed by atoms with Crippen molar-refractivity contribution in [3.05, 3.63) is 52.9 Å². The number of benzene rings is 1. The Hall–Kier alpha value is -3.08. The molecule has 2 N–H and O–H groups in total. The van der Waals surface area contributed by atoms with Gasteiger partial charge in [-0.15, -0.1) is 11.3 Å². The van der Waals surface area contributed by atoms with Crippen LogP contribution in [0.3, 0.4) is 0 Å². The number of carbonyl (C=O) groups excluding carboxylic acids is 2. The van der Waals surface area contributed by atoms with E-state index in [-0.39, 0.29) is 35.7 Å². The van der Waals surface area contributed by atoms with Gasteiger partial charge in [0.2, 0.25) is 5.91 Å². The zero-order valence-corrected chi connectivity index (χ0v) is 26.0. The molecule has 0 spiro atoms. The van der Waals surface area contributed by atoms with Gasteiger partial charge in [0.1, 0.15) is 12.0 Å². The van der Waals surface area contributed by atoms with Crippen LogP contribution in [0.2, 0.25) is 0 Å². The first kappa shape index (κ1) is 30.4. The predicted molar refractivity (Wildman–Crippen MR) is 165 cm³/mol. The Kier molecular flexibility index (Phi) is 9.44. The van der Waals surface area contributed by atoms with Crippen LogP contribution in [0, 0.1) is 18.8 Å². The summed E-state index contributed by atoms with van der Waals surface area (Å²) in [6.45, 7) is 12.4. The second kappa shape index (κ2) is 13.1. The number of nitrogens with zero attached hydrogens (tertiary/aromatic N) is 4. The van der Waals surface area contributed by atoms with Crippen LogP contribution < -0.4 is 10.2 Å². The van der Waals surface area contributed by atoms with E-state index in [1.54, 1.807) is 11.3 Å². The Morgan fingerprint density at radius 2 is 1.88 bits per heavy atom. The number of β-amino-alcohol motifs (C(OH)–C–C–N with tert-alkyl or cyclic N) is 1. The molecule has 5 rings (SSSR count). The van der Waals surface area contributed by atoms with Crippen LogP contribution in [0.15, 0.2) is 40.4 Å². The zero-order valence-electron chi connectivity index (χ0n) is 25.2. The van der Waals surface area contributed by atoms with Crippen LogP contribution in [0.5, 0.6) is 0 Å². The van der Waals surface area contributed by atoms with Crippen LogP contribution in [-0.4, -0.2) is 70.2 Å². The maximum absolute atomic E-state index is 13.6. The smallest absolute Gasteiger partial charge is 0.237 e. The molecule has 3 aromatic rings. The van der Waals surface area contributed by atoms with E-state index in [4.69, 9.17) is 4.52 Å². The van der Waals surface area contributed by atoms with Gasteiger partial charge >= 0.3 is 0 Å². The van der Waals surface area contributed by atoms with E-state index in [0.29, 0.717) is 13.0 Å². The maximum Gasteiger partial charge on any atom is 0.237 e. The van der Waals surface area contributed by atoms with Crippen LogP contribution in [0.25, 0.3) is 10.4 Å². The lowest BCUT2D eigenvalue weighted by Gasteiger charge is -2.36. The summed E-state index contributed by atoms with van der Waals surface area (Å²) >= 11 is 1.62. The quantitative estimate of drug-likeness (QED) is 0.317. The van der Waals surface area contributed by atoms with Crippen molar-refractivity contribution in [3.8, 4) is 10.4 Å². The Balaban J connectivity index is 1.27. The molecular formula is C32H43N5O4S. The predicted octanol–water partition coefficient (Wildman–Crippen LogP) is 4.96. The number of aromatic nitrogens is 2. The van der Waals surface area contributed by atoms with Gasteiger partial charge < -0.3 is 24.6 Å². The first-order valence-corrected chi connectivity index (χ1v) is 16.0. The van der Waals surface area contributed by atoms with Crippen molar-refractivity contribution in [3.63, 3.8) is 0 Å². The van der Waals surface area contributed by atoms with Crippen molar-refractivity contribution in [2.45, 2.75) is 84.0 Å². The second-order valence-corrected chi connectivity index (χ2v) is 13.1. The molecule has 1 aromatic carbocycles. The molecule has 226 valence electrons. The van der Waals surface area contributed by atoms with Gasteiger partial charge in [0.15, 0.2) is 5.82 Å². The monoisotopic (exact) mass is 593 g/mol. The molecule has 2 saturated heterocycles. The number of aryl methyl sites for hydroxylation is 1. The number of thiazole rings is 1. The minimum absolute atomic E-state index is 0.0143. The summed E-state index contributed by atoms with van der Waals surface area (Å²) in [6.07, 6.45) is 2.53. The van der Waals surface area contributed by atoms with E-state index >= 15 is 0 Å². The maximum atomic E-state index is 13.6. The Labute approximate surface area is 252 Å². The molecule has 10 heteroatoms. The van der Waals surface area contributed by atoms with E-state index < -0.39 is 12.1 Å². The van der Waals surface area contributed by atoms with Crippen molar-refractivity contribution < 1.29 is 19.2 Å². The first-order chi connectivity index (χ1) is 20.2. The number of anilines is 1. The number of aliphatic hydroxyl groups excluding tert-OH is 1. The lowest BCUT2D eigenvalue weighted by Crippen LogP contribution is -2.49. The van der Waals surface area contributed by atoms with Gasteiger partial charge in [0, 0.05) is 43.6 Å². The standard InChI is InChI=1S/C32H43N5O4S/c1-19(2)30(28-15-29(35-41-28)36-12-10-23(17-38)11-13-36)22(5)37-16-26(39)14-27(37)32(40)34-20(3)24-6-8-25(9-7-24)31-21(4)33-18-42-31/h6-9,15,17-20,22-23,26-27,30,39H,10-14,16H2,1-5H3,(H,34,40)/t20-,22?,26+,27-,30-/m0/s1. The molecule has 2 aliphatic heterocycles. The number of aliphatic hydroxyl groups is 1. The van der Waals surface area contributed by atoms with Gasteiger partial charge in [-0.05, 0) is 57.1 Å². The second-order valence-electron chi connectivity index (χ2n) is 12.3. The molecule has 2 aliphatic rings. The number of piperidine rings is 1. The van der Waals surface area contributed by atoms with E-state index in [1.807, 2.05) is 25.4 Å². The summed E-state index contributed by atoms with van der Waals surface area (Å²) in [7, 11) is 0. The molecule has 0 saturated carbocycles. The Bertz CT molecular complexity index is 1350. The minimum atomic E-state index is -0.572.